The van der Waals surface area contributed by atoms with Gasteiger partial charge in [-0.25, -0.2) is 23.9 Å². The Hall–Kier alpha value is -7.41. The number of aryl methyl sites for hydroxylation is 1. The van der Waals surface area contributed by atoms with E-state index >= 15 is 4.39 Å². The molecule has 4 unspecified atom stereocenters. The summed E-state index contributed by atoms with van der Waals surface area (Å²) in [6.45, 7) is 9.41. The molecule has 3 aromatic heterocycles. The lowest BCUT2D eigenvalue weighted by Gasteiger charge is -2.38. The zero-order valence-electron chi connectivity index (χ0n) is 43.1. The van der Waals surface area contributed by atoms with E-state index < -0.39 is 36.3 Å². The van der Waals surface area contributed by atoms with Gasteiger partial charge in [0.05, 0.1) is 85.7 Å². The van der Waals surface area contributed by atoms with Crippen LogP contribution in [0, 0.1) is 17.7 Å². The lowest BCUT2D eigenvalue weighted by atomic mass is 9.85. The predicted molar refractivity (Wildman–Crippen MR) is 275 cm³/mol. The van der Waals surface area contributed by atoms with E-state index in [1.54, 1.807) is 17.3 Å². The second kappa shape index (κ2) is 20.4. The summed E-state index contributed by atoms with van der Waals surface area (Å²) in [6, 6.07) is 15.3. The molecule has 6 aromatic rings. The molecule has 0 bridgehead atoms. The van der Waals surface area contributed by atoms with E-state index in [1.165, 1.54) is 20.3 Å². The van der Waals surface area contributed by atoms with Gasteiger partial charge in [-0.3, -0.25) is 9.59 Å². The molecule has 8 heterocycles. The molecule has 0 saturated carbocycles. The van der Waals surface area contributed by atoms with Gasteiger partial charge in [-0.05, 0) is 131 Å². The molecular formula is C56H64FN9O9. The van der Waals surface area contributed by atoms with Crippen LogP contribution in [0.3, 0.4) is 0 Å². The quantitative estimate of drug-likeness (QED) is 0.0963. The summed E-state index contributed by atoms with van der Waals surface area (Å²) < 4.78 is 47.8. The largest absolute Gasteiger partial charge is 0.493 e. The Morgan fingerprint density at radius 1 is 0.773 bits per heavy atom. The van der Waals surface area contributed by atoms with Crippen molar-refractivity contribution in [3.05, 3.63) is 95.6 Å². The van der Waals surface area contributed by atoms with Crippen molar-refractivity contribution < 1.29 is 47.3 Å². The van der Waals surface area contributed by atoms with Crippen LogP contribution in [-0.4, -0.2) is 117 Å². The molecule has 8 atom stereocenters. The number of carbonyl (C=O) groups excluding carboxylic acids is 4. The van der Waals surface area contributed by atoms with Crippen molar-refractivity contribution in [1.82, 2.24) is 44.9 Å². The van der Waals surface area contributed by atoms with Gasteiger partial charge in [0.1, 0.15) is 41.0 Å². The molecule has 19 heteroatoms. The van der Waals surface area contributed by atoms with Crippen LogP contribution in [-0.2, 0) is 30.2 Å². The Bertz CT molecular complexity index is 3160. The van der Waals surface area contributed by atoms with E-state index in [9.17, 15) is 19.2 Å². The van der Waals surface area contributed by atoms with E-state index in [0.717, 1.165) is 64.7 Å². The molecule has 0 aliphatic carbocycles. The van der Waals surface area contributed by atoms with Gasteiger partial charge in [0.25, 0.3) is 0 Å². The minimum absolute atomic E-state index is 0.0559. The maximum absolute atomic E-state index is 17.1. The van der Waals surface area contributed by atoms with E-state index in [2.05, 4.69) is 32.7 Å². The van der Waals surface area contributed by atoms with Crippen LogP contribution >= 0.6 is 0 Å². The first-order valence-electron chi connectivity index (χ1n) is 26.2. The van der Waals surface area contributed by atoms with Crippen LogP contribution in [0.25, 0.3) is 44.7 Å². The maximum atomic E-state index is 17.1. The van der Waals surface area contributed by atoms with Crippen LogP contribution < -0.4 is 20.1 Å². The number of imidazole rings is 2. The molecule has 3 fully saturated rings. The van der Waals surface area contributed by atoms with Crippen LogP contribution in [0.2, 0.25) is 0 Å². The van der Waals surface area contributed by atoms with Gasteiger partial charge in [-0.1, -0.05) is 19.9 Å². The third-order valence-electron chi connectivity index (χ3n) is 15.7. The van der Waals surface area contributed by atoms with Crippen LogP contribution in [0.1, 0.15) is 114 Å². The molecular weight excluding hydrogens is 962 g/mol. The summed E-state index contributed by atoms with van der Waals surface area (Å²) in [5.41, 5.74) is 6.46. The topological polar surface area (TPSA) is 207 Å². The normalized spacial score (nSPS) is 22.9. The first kappa shape index (κ1) is 49.8. The Kier molecular flexibility index (Phi) is 13.5. The highest BCUT2D eigenvalue weighted by Crippen LogP contribution is 2.48. The molecule has 4 amide bonds. The molecule has 11 rings (SSSR count). The number of rotatable bonds is 11. The van der Waals surface area contributed by atoms with Crippen molar-refractivity contribution in [2.75, 3.05) is 33.9 Å². The monoisotopic (exact) mass is 1030 g/mol. The lowest BCUT2D eigenvalue weighted by molar-refractivity contribution is -0.138. The number of aromatic nitrogens is 5. The van der Waals surface area contributed by atoms with Gasteiger partial charge in [-0.2, -0.15) is 0 Å². The smallest absolute Gasteiger partial charge is 0.407 e. The van der Waals surface area contributed by atoms with E-state index in [4.69, 9.17) is 33.7 Å². The Balaban J connectivity index is 0.908. The van der Waals surface area contributed by atoms with E-state index in [0.29, 0.717) is 85.3 Å². The number of alkyl carbamates (subject to hydrolysis) is 2. The number of methoxy groups -OCH3 is 2. The molecule has 75 heavy (non-hydrogen) atoms. The Morgan fingerprint density at radius 3 is 2.12 bits per heavy atom. The number of benzene rings is 3. The number of likely N-dealkylation sites (tertiary alicyclic amines) is 2. The average Bonchev–Trinajstić information content (AvgIpc) is 4.30. The summed E-state index contributed by atoms with van der Waals surface area (Å²) in [5, 5.41) is 6.41. The molecule has 4 N–H and O–H groups in total. The second-order valence-electron chi connectivity index (χ2n) is 21.0. The van der Waals surface area contributed by atoms with Gasteiger partial charge in [0, 0.05) is 35.2 Å². The fraction of sp³-hybridized carbons (Fsp3) is 0.464. The van der Waals surface area contributed by atoms with Crippen LogP contribution in [0.15, 0.2) is 67.0 Å². The maximum Gasteiger partial charge on any atom is 0.407 e. The highest BCUT2D eigenvalue weighted by molar-refractivity contribution is 5.93. The van der Waals surface area contributed by atoms with E-state index in [-0.39, 0.29) is 47.9 Å². The molecule has 3 aromatic carbocycles. The first-order chi connectivity index (χ1) is 36.3. The summed E-state index contributed by atoms with van der Waals surface area (Å²) in [5.74, 6) is 1.25. The van der Waals surface area contributed by atoms with Gasteiger partial charge in [-0.15, -0.1) is 0 Å². The SMILES string of the molecule is COC(=O)NC(C(=O)N1CCC[C@H]1c1ncc(-c2cc(F)c3c(c2)OC(c2ccc4c(c2)CCCO4)n2c-3cc3cc(-c4cnc([C@@H]5CCCN5C(=O)C(NC(=O)OC)C5C[C@@H](C)O[C@@H](C)C5)[nH]4)ccc32)[nH]1)C(C)C. The number of carbonyl (C=O) groups is 4. The lowest BCUT2D eigenvalue weighted by Crippen LogP contribution is -2.54. The number of halogens is 1. The number of H-pyrrole nitrogens is 2. The minimum atomic E-state index is -0.781. The number of nitrogens with one attached hydrogen (secondary N) is 4. The molecule has 5 aliphatic rings. The van der Waals surface area contributed by atoms with Crippen LogP contribution in [0.4, 0.5) is 14.0 Å². The van der Waals surface area contributed by atoms with Crippen molar-refractivity contribution >= 4 is 34.9 Å². The molecule has 5 aliphatic heterocycles. The highest BCUT2D eigenvalue weighted by Gasteiger charge is 2.43. The van der Waals surface area contributed by atoms with Gasteiger partial charge < -0.3 is 58.7 Å². The highest BCUT2D eigenvalue weighted by atomic mass is 19.1. The summed E-state index contributed by atoms with van der Waals surface area (Å²) in [4.78, 5) is 73.2. The first-order valence-corrected chi connectivity index (χ1v) is 26.2. The van der Waals surface area contributed by atoms with Crippen molar-refractivity contribution in [3.8, 4) is 45.3 Å². The van der Waals surface area contributed by atoms with Crippen molar-refractivity contribution in [3.63, 3.8) is 0 Å². The van der Waals surface area contributed by atoms with Crippen molar-refractivity contribution in [2.24, 2.45) is 11.8 Å². The van der Waals surface area contributed by atoms with Crippen molar-refractivity contribution in [1.29, 1.82) is 0 Å². The molecule has 0 spiro atoms. The number of fused-ring (bicyclic) bond motifs is 6. The second-order valence-corrected chi connectivity index (χ2v) is 21.0. The molecule has 394 valence electrons. The number of hydrogen-bond donors (Lipinski definition) is 4. The summed E-state index contributed by atoms with van der Waals surface area (Å²) in [7, 11) is 2.57. The number of nitrogens with zero attached hydrogens (tertiary/aromatic N) is 5. The standard InChI is InChI=1S/C56H64FN9O9/c1-29(2)48(62-55(69)71-5)52(67)64-17-7-11-42(64)51-59-28-40(61-51)35-24-38(57)47-44-25-36-22-32(13-15-41(36)66(44)54(75-46(47)26-35)34-14-16-45-33(23-34)10-9-19-73-45)39-27-58-50(60-39)43-12-8-18-65(43)53(68)49(63-56(70)72-6)37-20-30(3)74-31(4)21-37/h13-16,22-31,37,42-43,48-49,54H,7-12,17-21H2,1-6H3,(H,58,60)(H,59,61)(H,62,69)(H,63,70)/t30-,31+,37?,42-,43-,48?,49?,54?/m0/s1. The minimum Gasteiger partial charge on any atom is -0.493 e. The third kappa shape index (κ3) is 9.44. The summed E-state index contributed by atoms with van der Waals surface area (Å²) >= 11 is 0. The fourth-order valence-electron chi connectivity index (χ4n) is 12.1. The fourth-order valence-corrected chi connectivity index (χ4v) is 12.1. The third-order valence-corrected chi connectivity index (χ3v) is 15.7. The van der Waals surface area contributed by atoms with Crippen LogP contribution in [0.5, 0.6) is 11.5 Å². The number of ether oxygens (including phenoxy) is 5. The molecule has 18 nitrogen and oxygen atoms in total. The molecule has 0 radical (unpaired) electrons. The number of amides is 4. The average molecular weight is 1030 g/mol. The summed E-state index contributed by atoms with van der Waals surface area (Å²) in [6.07, 6.45) is 7.25. The van der Waals surface area contributed by atoms with Gasteiger partial charge in [0.15, 0.2) is 0 Å². The molecule has 3 saturated heterocycles. The van der Waals surface area contributed by atoms with Gasteiger partial charge in [0.2, 0.25) is 18.0 Å². The zero-order valence-corrected chi connectivity index (χ0v) is 43.1. The van der Waals surface area contributed by atoms with E-state index in [1.807, 2.05) is 73.6 Å². The zero-order chi connectivity index (χ0) is 52.2. The van der Waals surface area contributed by atoms with Crippen molar-refractivity contribution in [2.45, 2.75) is 122 Å². The number of hydrogen-bond acceptors (Lipinski definition) is 11. The predicted octanol–water partition coefficient (Wildman–Crippen LogP) is 9.13. The Morgan fingerprint density at radius 2 is 1.44 bits per heavy atom. The number of aromatic amines is 2. The Labute approximate surface area is 434 Å². The van der Waals surface area contributed by atoms with Gasteiger partial charge >= 0.3 is 12.2 Å².